The third kappa shape index (κ3) is 12.9. The van der Waals surface area contributed by atoms with Crippen molar-refractivity contribution in [2.75, 3.05) is 13.2 Å². The van der Waals surface area contributed by atoms with Gasteiger partial charge in [0.25, 0.3) is 0 Å². The number of hydrogen-bond donors (Lipinski definition) is 1. The van der Waals surface area contributed by atoms with Crippen LogP contribution in [0.2, 0.25) is 0 Å². The van der Waals surface area contributed by atoms with E-state index in [9.17, 15) is 4.79 Å². The van der Waals surface area contributed by atoms with Crippen LogP contribution in [0.3, 0.4) is 0 Å². The van der Waals surface area contributed by atoms with Gasteiger partial charge >= 0.3 is 5.97 Å². The normalized spacial score (nSPS) is 12.0. The smallest absolute Gasteiger partial charge is 0.333 e. The molecule has 0 saturated heterocycles. The maximum atomic E-state index is 11.5. The number of allylic oxidation sites excluding steroid dienone is 6. The summed E-state index contributed by atoms with van der Waals surface area (Å²) < 4.78 is 4.83. The van der Waals surface area contributed by atoms with E-state index in [-0.39, 0.29) is 13.2 Å². The van der Waals surface area contributed by atoms with E-state index in [0.29, 0.717) is 12.0 Å². The summed E-state index contributed by atoms with van der Waals surface area (Å²) in [5.74, 6) is -0.412. The Kier molecular flexibility index (Phi) is 12.9. The molecule has 24 heavy (non-hydrogen) atoms. The molecule has 0 aromatic heterocycles. The highest BCUT2D eigenvalue weighted by molar-refractivity contribution is 5.87. The van der Waals surface area contributed by atoms with Crippen molar-refractivity contribution < 1.29 is 14.6 Å². The van der Waals surface area contributed by atoms with E-state index in [0.717, 1.165) is 32.1 Å². The van der Waals surface area contributed by atoms with Crippen LogP contribution in [0.5, 0.6) is 0 Å². The Morgan fingerprint density at radius 1 is 0.917 bits per heavy atom. The van der Waals surface area contributed by atoms with E-state index in [1.807, 2.05) is 0 Å². The highest BCUT2D eigenvalue weighted by Gasteiger charge is 2.06. The number of carbonyl (C=O) groups is 1. The van der Waals surface area contributed by atoms with Gasteiger partial charge < -0.3 is 9.84 Å². The Hall–Kier alpha value is -1.61. The van der Waals surface area contributed by atoms with Gasteiger partial charge in [0.15, 0.2) is 0 Å². The predicted molar refractivity (Wildman–Crippen MR) is 102 cm³/mol. The lowest BCUT2D eigenvalue weighted by Crippen LogP contribution is -2.10. The zero-order valence-electron chi connectivity index (χ0n) is 15.9. The summed E-state index contributed by atoms with van der Waals surface area (Å²) in [4.78, 5) is 11.5. The summed E-state index contributed by atoms with van der Waals surface area (Å²) in [7, 11) is 0. The number of hydrogen-bond acceptors (Lipinski definition) is 3. The number of aliphatic hydroxyl groups excluding tert-OH is 1. The van der Waals surface area contributed by atoms with Gasteiger partial charge in [-0.25, -0.2) is 4.79 Å². The third-order valence-corrected chi connectivity index (χ3v) is 3.67. The first-order chi connectivity index (χ1) is 11.4. The Morgan fingerprint density at radius 2 is 1.42 bits per heavy atom. The van der Waals surface area contributed by atoms with Crippen LogP contribution in [0.4, 0.5) is 0 Å². The first-order valence-electron chi connectivity index (χ1n) is 8.77. The second kappa shape index (κ2) is 13.8. The minimum Gasteiger partial charge on any atom is -0.460 e. The molecule has 136 valence electrons. The molecular weight excluding hydrogens is 300 g/mol. The lowest BCUT2D eigenvalue weighted by atomic mass is 10.0. The number of ether oxygens (including phenoxy) is 1. The maximum absolute atomic E-state index is 11.5. The maximum Gasteiger partial charge on any atom is 0.333 e. The highest BCUT2D eigenvalue weighted by Crippen LogP contribution is 2.13. The van der Waals surface area contributed by atoms with Gasteiger partial charge in [0.2, 0.25) is 0 Å². The molecule has 0 unspecified atom stereocenters. The number of esters is 1. The fourth-order valence-corrected chi connectivity index (χ4v) is 2.17. The molecular formula is C21H34O3. The molecule has 0 fully saturated rings. The van der Waals surface area contributed by atoms with Crippen LogP contribution in [-0.4, -0.2) is 24.3 Å². The molecule has 0 spiro atoms. The lowest BCUT2D eigenvalue weighted by Gasteiger charge is -2.05. The minimum atomic E-state index is -0.412. The van der Waals surface area contributed by atoms with E-state index in [4.69, 9.17) is 9.84 Å². The van der Waals surface area contributed by atoms with Gasteiger partial charge in [-0.2, -0.15) is 0 Å². The molecule has 0 aromatic carbocycles. The molecule has 3 nitrogen and oxygen atoms in total. The standard InChI is InChI=1S/C21H34O3/c1-17(2)9-6-10-18(3)11-7-12-19(4)13-8-14-20(5)21(23)24-16-15-22/h9,11,13,22H,5-8,10,12,14-16H2,1-4H3/b18-11+,19-13+. The Morgan fingerprint density at radius 3 is 1.92 bits per heavy atom. The van der Waals surface area contributed by atoms with Gasteiger partial charge in [0.1, 0.15) is 6.61 Å². The average molecular weight is 335 g/mol. The molecule has 0 atom stereocenters. The monoisotopic (exact) mass is 334 g/mol. The Balaban J connectivity index is 4.00. The molecule has 1 N–H and O–H groups in total. The summed E-state index contributed by atoms with van der Waals surface area (Å²) in [6.45, 7) is 12.2. The van der Waals surface area contributed by atoms with Crippen molar-refractivity contribution in [3.05, 3.63) is 47.1 Å². The largest absolute Gasteiger partial charge is 0.460 e. The van der Waals surface area contributed by atoms with Crippen LogP contribution in [0, 0.1) is 0 Å². The van der Waals surface area contributed by atoms with Crippen LogP contribution in [-0.2, 0) is 9.53 Å². The first kappa shape index (κ1) is 22.4. The number of rotatable bonds is 12. The van der Waals surface area contributed by atoms with Crippen LogP contribution in [0.1, 0.15) is 66.2 Å². The third-order valence-electron chi connectivity index (χ3n) is 3.67. The van der Waals surface area contributed by atoms with E-state index >= 15 is 0 Å². The summed E-state index contributed by atoms with van der Waals surface area (Å²) in [5.41, 5.74) is 4.62. The number of carbonyl (C=O) groups excluding carboxylic acids is 1. The molecule has 0 bridgehead atoms. The van der Waals surface area contributed by atoms with Crippen molar-refractivity contribution in [3.8, 4) is 0 Å². The van der Waals surface area contributed by atoms with Crippen molar-refractivity contribution in [2.45, 2.75) is 66.2 Å². The quantitative estimate of drug-likeness (QED) is 0.300. The van der Waals surface area contributed by atoms with Crippen molar-refractivity contribution in [3.63, 3.8) is 0 Å². The van der Waals surface area contributed by atoms with Crippen molar-refractivity contribution in [1.82, 2.24) is 0 Å². The predicted octanol–water partition coefficient (Wildman–Crippen LogP) is 5.28. The molecule has 0 aromatic rings. The Labute approximate surface area is 147 Å². The van der Waals surface area contributed by atoms with Crippen LogP contribution < -0.4 is 0 Å². The van der Waals surface area contributed by atoms with Crippen LogP contribution in [0.15, 0.2) is 47.1 Å². The van der Waals surface area contributed by atoms with Gasteiger partial charge in [-0.1, -0.05) is 41.5 Å². The van der Waals surface area contributed by atoms with Gasteiger partial charge in [0, 0.05) is 5.57 Å². The molecule has 0 aliphatic heterocycles. The van der Waals surface area contributed by atoms with E-state index in [1.165, 1.54) is 16.7 Å². The zero-order chi connectivity index (χ0) is 18.4. The SMILES string of the molecule is C=C(CC/C=C(\C)CC/C=C(\C)CCC=C(C)C)C(=O)OCCO. The fraction of sp³-hybridized carbons (Fsp3) is 0.571. The van der Waals surface area contributed by atoms with E-state index in [1.54, 1.807) is 0 Å². The minimum absolute atomic E-state index is 0.0338. The molecule has 0 saturated carbocycles. The van der Waals surface area contributed by atoms with Gasteiger partial charge in [-0.3, -0.25) is 0 Å². The van der Waals surface area contributed by atoms with Gasteiger partial charge in [0.05, 0.1) is 6.61 Å². The van der Waals surface area contributed by atoms with E-state index < -0.39 is 5.97 Å². The molecule has 0 amide bonds. The lowest BCUT2D eigenvalue weighted by molar-refractivity contribution is -0.140. The zero-order valence-corrected chi connectivity index (χ0v) is 15.9. The highest BCUT2D eigenvalue weighted by atomic mass is 16.5. The number of aliphatic hydroxyl groups is 1. The summed E-state index contributed by atoms with van der Waals surface area (Å²) in [6.07, 6.45) is 12.5. The summed E-state index contributed by atoms with van der Waals surface area (Å²) in [5, 5.41) is 8.62. The average Bonchev–Trinajstić information content (AvgIpc) is 2.52. The Bertz CT molecular complexity index is 477. The molecule has 0 aliphatic carbocycles. The van der Waals surface area contributed by atoms with Crippen LogP contribution in [0.25, 0.3) is 0 Å². The topological polar surface area (TPSA) is 46.5 Å². The molecule has 0 rings (SSSR count). The second-order valence-electron chi connectivity index (χ2n) is 6.46. The first-order valence-corrected chi connectivity index (χ1v) is 8.77. The summed E-state index contributed by atoms with van der Waals surface area (Å²) >= 11 is 0. The fourth-order valence-electron chi connectivity index (χ4n) is 2.17. The van der Waals surface area contributed by atoms with Crippen LogP contribution >= 0.6 is 0 Å². The second-order valence-corrected chi connectivity index (χ2v) is 6.46. The van der Waals surface area contributed by atoms with Gasteiger partial charge in [-0.15, -0.1) is 0 Å². The van der Waals surface area contributed by atoms with E-state index in [2.05, 4.69) is 52.5 Å². The molecule has 0 heterocycles. The molecule has 0 aliphatic rings. The molecule has 0 radical (unpaired) electrons. The van der Waals surface area contributed by atoms with Gasteiger partial charge in [-0.05, 0) is 66.2 Å². The van der Waals surface area contributed by atoms with Crippen molar-refractivity contribution in [1.29, 1.82) is 0 Å². The van der Waals surface area contributed by atoms with Crippen molar-refractivity contribution >= 4 is 5.97 Å². The summed E-state index contributed by atoms with van der Waals surface area (Å²) in [6, 6.07) is 0. The van der Waals surface area contributed by atoms with Crippen molar-refractivity contribution in [2.24, 2.45) is 0 Å². The molecule has 3 heteroatoms.